The highest BCUT2D eigenvalue weighted by atomic mass is 32.1. The lowest BCUT2D eigenvalue weighted by Gasteiger charge is -2.00. The number of carbonyl (C=O) groups is 1. The first kappa shape index (κ1) is 13.3. The van der Waals surface area contributed by atoms with E-state index in [-0.39, 0.29) is 11.7 Å². The zero-order valence-electron chi connectivity index (χ0n) is 11.1. The van der Waals surface area contributed by atoms with Crippen molar-refractivity contribution in [2.24, 2.45) is 5.10 Å². The Kier molecular flexibility index (Phi) is 3.41. The molecule has 2 heterocycles. The third kappa shape index (κ3) is 2.50. The Hall–Kier alpha value is -2.67. The van der Waals surface area contributed by atoms with E-state index in [4.69, 9.17) is 0 Å². The topological polar surface area (TPSA) is 79.0 Å². The Morgan fingerprint density at radius 1 is 1.48 bits per heavy atom. The number of aromatic hydroxyl groups is 1. The van der Waals surface area contributed by atoms with Gasteiger partial charge in [0.1, 0.15) is 11.4 Å². The van der Waals surface area contributed by atoms with E-state index in [0.29, 0.717) is 17.0 Å². The van der Waals surface area contributed by atoms with E-state index in [9.17, 15) is 9.90 Å². The number of aryl methyl sites for hydroxylation is 1. The number of imidazole rings is 1. The van der Waals surface area contributed by atoms with Crippen molar-refractivity contribution in [3.05, 3.63) is 52.8 Å². The lowest BCUT2D eigenvalue weighted by atomic mass is 10.2. The minimum atomic E-state index is -0.343. The van der Waals surface area contributed by atoms with Gasteiger partial charge in [0, 0.05) is 17.1 Å². The number of para-hydroxylation sites is 1. The first-order chi connectivity index (χ1) is 10.2. The first-order valence-corrected chi connectivity index (χ1v) is 7.08. The SMILES string of the molecule is Cc1nc2sccn2c1C(=O)NN=Cc1ccccc1O. The van der Waals surface area contributed by atoms with Crippen LogP contribution < -0.4 is 5.43 Å². The molecule has 0 aliphatic rings. The lowest BCUT2D eigenvalue weighted by molar-refractivity contribution is 0.0948. The molecule has 1 aromatic carbocycles. The molecular weight excluding hydrogens is 288 g/mol. The number of hydrogen-bond acceptors (Lipinski definition) is 5. The summed E-state index contributed by atoms with van der Waals surface area (Å²) in [6, 6.07) is 6.75. The number of nitrogens with one attached hydrogen (secondary N) is 1. The zero-order chi connectivity index (χ0) is 14.8. The number of carbonyl (C=O) groups excluding carboxylic acids is 1. The Bertz CT molecular complexity index is 834. The number of thiazole rings is 1. The van der Waals surface area contributed by atoms with Crippen LogP contribution in [0.15, 0.2) is 40.9 Å². The number of amides is 1. The van der Waals surface area contributed by atoms with Crippen LogP contribution in [0.4, 0.5) is 0 Å². The number of benzene rings is 1. The molecular formula is C14H12N4O2S. The molecule has 0 spiro atoms. The van der Waals surface area contributed by atoms with E-state index >= 15 is 0 Å². The summed E-state index contributed by atoms with van der Waals surface area (Å²) < 4.78 is 1.73. The number of fused-ring (bicyclic) bond motifs is 1. The van der Waals surface area contributed by atoms with Crippen LogP contribution in [0, 0.1) is 6.92 Å². The predicted octanol–water partition coefficient (Wildman–Crippen LogP) is 2.17. The standard InChI is InChI=1S/C14H12N4O2S/c1-9-12(18-6-7-21-14(18)16-9)13(20)17-15-8-10-4-2-3-5-11(10)19/h2-8,19H,1H3,(H,17,20). The van der Waals surface area contributed by atoms with Crippen LogP contribution in [0.1, 0.15) is 21.7 Å². The zero-order valence-corrected chi connectivity index (χ0v) is 12.0. The number of nitrogens with zero attached hydrogens (tertiary/aromatic N) is 3. The summed E-state index contributed by atoms with van der Waals surface area (Å²) in [4.78, 5) is 17.2. The van der Waals surface area contributed by atoms with Gasteiger partial charge in [0.2, 0.25) is 0 Å². The molecule has 0 radical (unpaired) electrons. The molecule has 6 nitrogen and oxygen atoms in total. The summed E-state index contributed by atoms with van der Waals surface area (Å²) >= 11 is 1.46. The van der Waals surface area contributed by atoms with Gasteiger partial charge in [-0.25, -0.2) is 10.4 Å². The van der Waals surface area contributed by atoms with Crippen LogP contribution in [-0.2, 0) is 0 Å². The van der Waals surface area contributed by atoms with Crippen LogP contribution in [0.2, 0.25) is 0 Å². The van der Waals surface area contributed by atoms with Crippen LogP contribution in [0.25, 0.3) is 4.96 Å². The lowest BCUT2D eigenvalue weighted by Crippen LogP contribution is -2.20. The summed E-state index contributed by atoms with van der Waals surface area (Å²) in [6.45, 7) is 1.78. The van der Waals surface area contributed by atoms with Crippen molar-refractivity contribution in [2.75, 3.05) is 0 Å². The minimum absolute atomic E-state index is 0.108. The second kappa shape index (κ2) is 5.37. The van der Waals surface area contributed by atoms with Crippen molar-refractivity contribution in [2.45, 2.75) is 6.92 Å². The quantitative estimate of drug-likeness (QED) is 0.575. The summed E-state index contributed by atoms with van der Waals surface area (Å²) in [5.41, 5.74) is 4.09. The maximum atomic E-state index is 12.2. The molecule has 0 unspecified atom stereocenters. The molecule has 2 aromatic heterocycles. The van der Waals surface area contributed by atoms with Gasteiger partial charge in [-0.1, -0.05) is 12.1 Å². The van der Waals surface area contributed by atoms with Crippen molar-refractivity contribution in [3.8, 4) is 5.75 Å². The largest absolute Gasteiger partial charge is 0.507 e. The molecule has 2 N–H and O–H groups in total. The number of phenols is 1. The van der Waals surface area contributed by atoms with Gasteiger partial charge >= 0.3 is 0 Å². The fourth-order valence-corrected chi connectivity index (χ4v) is 2.74. The molecule has 3 aromatic rings. The highest BCUT2D eigenvalue weighted by molar-refractivity contribution is 7.15. The number of hydrogen-bond donors (Lipinski definition) is 2. The summed E-state index contributed by atoms with van der Waals surface area (Å²) in [7, 11) is 0. The second-order valence-corrected chi connectivity index (χ2v) is 5.23. The van der Waals surface area contributed by atoms with Gasteiger partial charge in [-0.15, -0.1) is 11.3 Å². The molecule has 7 heteroatoms. The maximum Gasteiger partial charge on any atom is 0.290 e. The average molecular weight is 300 g/mol. The molecule has 0 atom stereocenters. The van der Waals surface area contributed by atoms with E-state index in [0.717, 1.165) is 4.96 Å². The third-order valence-electron chi connectivity index (χ3n) is 2.96. The van der Waals surface area contributed by atoms with E-state index in [1.165, 1.54) is 17.6 Å². The molecule has 3 rings (SSSR count). The van der Waals surface area contributed by atoms with Gasteiger partial charge in [0.15, 0.2) is 4.96 Å². The van der Waals surface area contributed by atoms with Gasteiger partial charge in [0.25, 0.3) is 5.91 Å². The van der Waals surface area contributed by atoms with Gasteiger partial charge in [0.05, 0.1) is 11.9 Å². The third-order valence-corrected chi connectivity index (χ3v) is 3.71. The highest BCUT2D eigenvalue weighted by Gasteiger charge is 2.16. The molecule has 0 fully saturated rings. The van der Waals surface area contributed by atoms with Crippen molar-refractivity contribution in [1.29, 1.82) is 0 Å². The van der Waals surface area contributed by atoms with Gasteiger partial charge in [-0.3, -0.25) is 9.20 Å². The van der Waals surface area contributed by atoms with Crippen molar-refractivity contribution in [1.82, 2.24) is 14.8 Å². The van der Waals surface area contributed by atoms with Crippen LogP contribution in [-0.4, -0.2) is 26.6 Å². The van der Waals surface area contributed by atoms with Gasteiger partial charge in [-0.05, 0) is 19.1 Å². The molecule has 0 aliphatic heterocycles. The van der Waals surface area contributed by atoms with E-state index in [2.05, 4.69) is 15.5 Å². The van der Waals surface area contributed by atoms with Gasteiger partial charge < -0.3 is 5.11 Å². The Balaban J connectivity index is 1.79. The van der Waals surface area contributed by atoms with E-state index in [1.54, 1.807) is 41.8 Å². The molecule has 0 bridgehead atoms. The van der Waals surface area contributed by atoms with Crippen molar-refractivity contribution in [3.63, 3.8) is 0 Å². The maximum absolute atomic E-state index is 12.2. The Morgan fingerprint density at radius 2 is 2.29 bits per heavy atom. The molecule has 0 saturated carbocycles. The minimum Gasteiger partial charge on any atom is -0.507 e. The fourth-order valence-electron chi connectivity index (χ4n) is 1.98. The normalized spacial score (nSPS) is 11.3. The number of phenolic OH excluding ortho intramolecular Hbond substituents is 1. The molecule has 106 valence electrons. The number of hydrazone groups is 1. The smallest absolute Gasteiger partial charge is 0.290 e. The van der Waals surface area contributed by atoms with Crippen LogP contribution >= 0.6 is 11.3 Å². The fraction of sp³-hybridized carbons (Fsp3) is 0.0714. The Labute approximate surface area is 124 Å². The van der Waals surface area contributed by atoms with Gasteiger partial charge in [-0.2, -0.15) is 5.10 Å². The summed E-state index contributed by atoms with van der Waals surface area (Å²) in [5.74, 6) is -0.235. The first-order valence-electron chi connectivity index (χ1n) is 6.20. The molecule has 1 amide bonds. The summed E-state index contributed by atoms with van der Waals surface area (Å²) in [6.07, 6.45) is 3.19. The van der Waals surface area contributed by atoms with Crippen molar-refractivity contribution >= 4 is 28.4 Å². The highest BCUT2D eigenvalue weighted by Crippen LogP contribution is 2.16. The van der Waals surface area contributed by atoms with E-state index < -0.39 is 0 Å². The molecule has 0 aliphatic carbocycles. The number of aromatic nitrogens is 2. The second-order valence-electron chi connectivity index (χ2n) is 4.36. The molecule has 0 saturated heterocycles. The predicted molar refractivity (Wildman–Crippen MR) is 81.0 cm³/mol. The van der Waals surface area contributed by atoms with Crippen LogP contribution in [0.3, 0.4) is 0 Å². The average Bonchev–Trinajstić information content (AvgIpc) is 3.00. The van der Waals surface area contributed by atoms with Crippen LogP contribution in [0.5, 0.6) is 5.75 Å². The van der Waals surface area contributed by atoms with E-state index in [1.807, 2.05) is 5.38 Å². The number of rotatable bonds is 3. The Morgan fingerprint density at radius 3 is 3.10 bits per heavy atom. The molecule has 21 heavy (non-hydrogen) atoms. The monoisotopic (exact) mass is 300 g/mol. The summed E-state index contributed by atoms with van der Waals surface area (Å²) in [5, 5.41) is 15.3. The van der Waals surface area contributed by atoms with Crippen molar-refractivity contribution < 1.29 is 9.90 Å².